The van der Waals surface area contributed by atoms with Gasteiger partial charge in [0.2, 0.25) is 0 Å². The van der Waals surface area contributed by atoms with Crippen molar-refractivity contribution in [1.29, 1.82) is 0 Å². The van der Waals surface area contributed by atoms with Crippen molar-refractivity contribution in [2.45, 2.75) is 19.5 Å². The van der Waals surface area contributed by atoms with Crippen molar-refractivity contribution < 1.29 is 4.74 Å². The fraction of sp³-hybridized carbons (Fsp3) is 0.545. The molecule has 0 aromatic carbocycles. The van der Waals surface area contributed by atoms with Gasteiger partial charge in [0.25, 0.3) is 0 Å². The minimum absolute atomic E-state index is 0.226. The van der Waals surface area contributed by atoms with Gasteiger partial charge in [0.1, 0.15) is 0 Å². The summed E-state index contributed by atoms with van der Waals surface area (Å²) in [6.45, 7) is 3.51. The van der Waals surface area contributed by atoms with Crippen LogP contribution in [0.25, 0.3) is 0 Å². The van der Waals surface area contributed by atoms with Gasteiger partial charge in [0, 0.05) is 26.7 Å². The first kappa shape index (κ1) is 14.9. The van der Waals surface area contributed by atoms with Gasteiger partial charge in [0.15, 0.2) is 5.11 Å². The Hall–Kier alpha value is -0.170. The lowest BCUT2D eigenvalue weighted by atomic mass is 10.3. The summed E-state index contributed by atoms with van der Waals surface area (Å²) < 4.78 is 6.21. The smallest absolute Gasteiger partial charge is 0.169 e. The summed E-state index contributed by atoms with van der Waals surface area (Å²) >= 11 is 10.5. The van der Waals surface area contributed by atoms with Gasteiger partial charge in [-0.2, -0.15) is 0 Å². The van der Waals surface area contributed by atoms with Gasteiger partial charge < -0.3 is 15.0 Å². The maximum Gasteiger partial charge on any atom is 0.169 e. The van der Waals surface area contributed by atoms with E-state index in [4.69, 9.17) is 17.0 Å². The summed E-state index contributed by atoms with van der Waals surface area (Å²) in [5.41, 5.74) is 1.26. The maximum absolute atomic E-state index is 5.32. The van der Waals surface area contributed by atoms with Gasteiger partial charge in [-0.25, -0.2) is 0 Å². The normalized spacial score (nSPS) is 12.2. The van der Waals surface area contributed by atoms with Crippen LogP contribution < -0.4 is 5.32 Å². The highest BCUT2D eigenvalue weighted by Crippen LogP contribution is 2.21. The van der Waals surface area contributed by atoms with E-state index in [1.165, 1.54) is 5.56 Å². The minimum Gasteiger partial charge on any atom is -0.383 e. The van der Waals surface area contributed by atoms with E-state index in [1.54, 1.807) is 18.4 Å². The number of methoxy groups -OCH3 is 1. The molecule has 0 fully saturated rings. The molecule has 0 bridgehead atoms. The largest absolute Gasteiger partial charge is 0.383 e. The van der Waals surface area contributed by atoms with E-state index in [0.717, 1.165) is 15.4 Å². The van der Waals surface area contributed by atoms with Crippen LogP contribution in [0.1, 0.15) is 12.5 Å². The fourth-order valence-electron chi connectivity index (χ4n) is 1.39. The van der Waals surface area contributed by atoms with Crippen LogP contribution in [0.4, 0.5) is 0 Å². The van der Waals surface area contributed by atoms with Crippen molar-refractivity contribution in [3.63, 3.8) is 0 Å². The van der Waals surface area contributed by atoms with Crippen LogP contribution in [0.3, 0.4) is 0 Å². The Morgan fingerprint density at radius 1 is 1.71 bits per heavy atom. The number of nitrogens with zero attached hydrogens (tertiary/aromatic N) is 1. The third-order valence-corrected chi connectivity index (χ3v) is 4.16. The van der Waals surface area contributed by atoms with E-state index in [1.807, 2.05) is 18.9 Å². The molecule has 3 nitrogen and oxygen atoms in total. The fourth-order valence-corrected chi connectivity index (χ4v) is 2.85. The van der Waals surface area contributed by atoms with Gasteiger partial charge in [-0.15, -0.1) is 11.3 Å². The average molecular weight is 337 g/mol. The number of halogens is 1. The van der Waals surface area contributed by atoms with Crippen LogP contribution in [0.15, 0.2) is 15.2 Å². The summed E-state index contributed by atoms with van der Waals surface area (Å²) in [6.07, 6.45) is 0. The van der Waals surface area contributed by atoms with Gasteiger partial charge >= 0.3 is 0 Å². The predicted octanol–water partition coefficient (Wildman–Crippen LogP) is 2.85. The first-order valence-electron chi connectivity index (χ1n) is 5.26. The van der Waals surface area contributed by atoms with E-state index in [0.29, 0.717) is 6.61 Å². The molecule has 17 heavy (non-hydrogen) atoms. The molecule has 1 atom stereocenters. The van der Waals surface area contributed by atoms with E-state index in [-0.39, 0.29) is 6.04 Å². The van der Waals surface area contributed by atoms with Crippen molar-refractivity contribution in [3.8, 4) is 0 Å². The number of thiophene rings is 1. The van der Waals surface area contributed by atoms with Gasteiger partial charge in [-0.05, 0) is 52.1 Å². The highest BCUT2D eigenvalue weighted by Gasteiger charge is 2.09. The monoisotopic (exact) mass is 336 g/mol. The van der Waals surface area contributed by atoms with Crippen LogP contribution in [-0.4, -0.2) is 36.8 Å². The van der Waals surface area contributed by atoms with Crippen molar-refractivity contribution in [3.05, 3.63) is 20.8 Å². The number of rotatable bonds is 5. The first-order valence-corrected chi connectivity index (χ1v) is 7.34. The highest BCUT2D eigenvalue weighted by atomic mass is 79.9. The second-order valence-electron chi connectivity index (χ2n) is 3.92. The van der Waals surface area contributed by atoms with Crippen LogP contribution in [-0.2, 0) is 11.3 Å². The van der Waals surface area contributed by atoms with E-state index in [2.05, 4.69) is 32.7 Å². The molecule has 0 saturated heterocycles. The Labute approximate surface area is 120 Å². The Bertz CT molecular complexity index is 370. The lowest BCUT2D eigenvalue weighted by Crippen LogP contribution is -2.43. The van der Waals surface area contributed by atoms with Crippen molar-refractivity contribution in [1.82, 2.24) is 10.2 Å². The van der Waals surface area contributed by atoms with Crippen LogP contribution in [0.2, 0.25) is 0 Å². The third kappa shape index (κ3) is 5.33. The standard InChI is InChI=1S/C11H17BrN2OS2/c1-8(6-15-3)13-11(16)14(2)5-9-4-10(12)17-7-9/h4,7-8H,5-6H2,1-3H3,(H,13,16). The lowest BCUT2D eigenvalue weighted by Gasteiger charge is -2.23. The molecular formula is C11H17BrN2OS2. The molecule has 1 N–H and O–H groups in total. The second kappa shape index (κ2) is 7.31. The molecule has 0 spiro atoms. The SMILES string of the molecule is COCC(C)NC(=S)N(C)Cc1csc(Br)c1. The summed E-state index contributed by atoms with van der Waals surface area (Å²) in [4.78, 5) is 2.02. The zero-order chi connectivity index (χ0) is 12.8. The van der Waals surface area contributed by atoms with Crippen LogP contribution in [0, 0.1) is 0 Å². The van der Waals surface area contributed by atoms with E-state index < -0.39 is 0 Å². The third-order valence-electron chi connectivity index (χ3n) is 2.17. The number of hydrogen-bond donors (Lipinski definition) is 1. The molecule has 6 heteroatoms. The van der Waals surface area contributed by atoms with Gasteiger partial charge in [-0.3, -0.25) is 0 Å². The molecule has 1 aromatic rings. The Balaban J connectivity index is 2.41. The molecule has 0 aliphatic rings. The molecule has 0 aliphatic carbocycles. The zero-order valence-electron chi connectivity index (χ0n) is 10.2. The van der Waals surface area contributed by atoms with Crippen molar-refractivity contribution >= 4 is 44.6 Å². The van der Waals surface area contributed by atoms with Crippen LogP contribution >= 0.6 is 39.5 Å². The Morgan fingerprint density at radius 2 is 2.41 bits per heavy atom. The van der Waals surface area contributed by atoms with Crippen molar-refractivity contribution in [2.75, 3.05) is 20.8 Å². The molecule has 0 radical (unpaired) electrons. The zero-order valence-corrected chi connectivity index (χ0v) is 13.4. The summed E-state index contributed by atoms with van der Waals surface area (Å²) in [7, 11) is 3.67. The number of nitrogens with one attached hydrogen (secondary N) is 1. The Morgan fingerprint density at radius 3 is 2.94 bits per heavy atom. The summed E-state index contributed by atoms with van der Waals surface area (Å²) in [5, 5.41) is 6.11. The molecule has 96 valence electrons. The minimum atomic E-state index is 0.226. The first-order chi connectivity index (χ1) is 8.02. The highest BCUT2D eigenvalue weighted by molar-refractivity contribution is 9.11. The van der Waals surface area contributed by atoms with Gasteiger partial charge in [0.05, 0.1) is 10.4 Å². The molecule has 0 amide bonds. The van der Waals surface area contributed by atoms with E-state index >= 15 is 0 Å². The predicted molar refractivity (Wildman–Crippen MR) is 80.6 cm³/mol. The molecule has 1 unspecified atom stereocenters. The summed E-state index contributed by atoms with van der Waals surface area (Å²) in [5.74, 6) is 0. The van der Waals surface area contributed by atoms with E-state index in [9.17, 15) is 0 Å². The molecule has 1 aromatic heterocycles. The quantitative estimate of drug-likeness (QED) is 0.835. The lowest BCUT2D eigenvalue weighted by molar-refractivity contribution is 0.178. The van der Waals surface area contributed by atoms with Gasteiger partial charge in [-0.1, -0.05) is 0 Å². The topological polar surface area (TPSA) is 24.5 Å². The molecule has 1 heterocycles. The number of ether oxygens (including phenoxy) is 1. The van der Waals surface area contributed by atoms with Crippen LogP contribution in [0.5, 0.6) is 0 Å². The second-order valence-corrected chi connectivity index (χ2v) is 6.60. The number of thiocarbonyl (C=S) groups is 1. The Kier molecular flexibility index (Phi) is 6.40. The number of hydrogen-bond acceptors (Lipinski definition) is 3. The molecular weight excluding hydrogens is 320 g/mol. The average Bonchev–Trinajstić information content (AvgIpc) is 2.64. The molecule has 0 saturated carbocycles. The molecule has 0 aliphatic heterocycles. The van der Waals surface area contributed by atoms with Crippen molar-refractivity contribution in [2.24, 2.45) is 0 Å². The molecule has 1 rings (SSSR count). The summed E-state index contributed by atoms with van der Waals surface area (Å²) in [6, 6.07) is 2.34. The maximum atomic E-state index is 5.32.